The zero-order chi connectivity index (χ0) is 11.1. The number of imidazole rings is 1. The molecule has 0 aromatic carbocycles. The highest BCUT2D eigenvalue weighted by molar-refractivity contribution is 4.96. The van der Waals surface area contributed by atoms with Gasteiger partial charge in [0.15, 0.2) is 0 Å². The van der Waals surface area contributed by atoms with E-state index in [4.69, 9.17) is 0 Å². The van der Waals surface area contributed by atoms with Gasteiger partial charge >= 0.3 is 0 Å². The van der Waals surface area contributed by atoms with E-state index in [0.29, 0.717) is 6.04 Å². The molecule has 3 nitrogen and oxygen atoms in total. The summed E-state index contributed by atoms with van der Waals surface area (Å²) in [7, 11) is 0. The lowest BCUT2D eigenvalue weighted by Crippen LogP contribution is -2.24. The van der Waals surface area contributed by atoms with Gasteiger partial charge < -0.3 is 10.3 Å². The van der Waals surface area contributed by atoms with E-state index in [9.17, 15) is 0 Å². The first-order valence-electron chi connectivity index (χ1n) is 6.04. The van der Waals surface area contributed by atoms with Crippen molar-refractivity contribution in [2.45, 2.75) is 46.1 Å². The Kier molecular flexibility index (Phi) is 5.40. The lowest BCUT2D eigenvalue weighted by molar-refractivity contribution is 0.367. The second kappa shape index (κ2) is 6.62. The molecule has 86 valence electrons. The van der Waals surface area contributed by atoms with Crippen molar-refractivity contribution < 1.29 is 0 Å². The molecule has 3 heteroatoms. The van der Waals surface area contributed by atoms with E-state index >= 15 is 0 Å². The van der Waals surface area contributed by atoms with Gasteiger partial charge in [0.25, 0.3) is 0 Å². The van der Waals surface area contributed by atoms with Crippen LogP contribution in [-0.2, 0) is 0 Å². The lowest BCUT2D eigenvalue weighted by Gasteiger charge is -2.20. The van der Waals surface area contributed by atoms with E-state index in [1.54, 1.807) is 0 Å². The first kappa shape index (κ1) is 12.2. The van der Waals surface area contributed by atoms with Crippen LogP contribution in [0.25, 0.3) is 0 Å². The van der Waals surface area contributed by atoms with Crippen LogP contribution in [0.4, 0.5) is 0 Å². The maximum absolute atomic E-state index is 4.34. The Balaban J connectivity index is 2.58. The SMILES string of the molecule is CCNC(CC(CC)CC)c1ncc[nH]1. The fraction of sp³-hybridized carbons (Fsp3) is 0.750. The maximum Gasteiger partial charge on any atom is 0.123 e. The first-order valence-corrected chi connectivity index (χ1v) is 6.04. The van der Waals surface area contributed by atoms with Crippen LogP contribution in [0.5, 0.6) is 0 Å². The van der Waals surface area contributed by atoms with Gasteiger partial charge in [-0.2, -0.15) is 0 Å². The van der Waals surface area contributed by atoms with Crippen molar-refractivity contribution in [3.05, 3.63) is 18.2 Å². The number of rotatable bonds is 7. The van der Waals surface area contributed by atoms with Gasteiger partial charge in [0.2, 0.25) is 0 Å². The summed E-state index contributed by atoms with van der Waals surface area (Å²) in [6, 6.07) is 0.384. The zero-order valence-electron chi connectivity index (χ0n) is 10.1. The molecule has 0 radical (unpaired) electrons. The quantitative estimate of drug-likeness (QED) is 0.725. The van der Waals surface area contributed by atoms with Crippen LogP contribution >= 0.6 is 0 Å². The van der Waals surface area contributed by atoms with Crippen molar-refractivity contribution in [3.8, 4) is 0 Å². The summed E-state index contributed by atoms with van der Waals surface area (Å²) < 4.78 is 0. The number of nitrogens with zero attached hydrogens (tertiary/aromatic N) is 1. The van der Waals surface area contributed by atoms with Crippen LogP contribution in [0.2, 0.25) is 0 Å². The molecule has 1 atom stereocenters. The number of aromatic amines is 1. The molecule has 2 N–H and O–H groups in total. The molecule has 1 unspecified atom stereocenters. The van der Waals surface area contributed by atoms with E-state index in [-0.39, 0.29) is 0 Å². The Morgan fingerprint density at radius 3 is 2.53 bits per heavy atom. The minimum absolute atomic E-state index is 0.384. The summed E-state index contributed by atoms with van der Waals surface area (Å²) in [5.41, 5.74) is 0. The Morgan fingerprint density at radius 2 is 2.07 bits per heavy atom. The molecule has 0 bridgehead atoms. The summed E-state index contributed by atoms with van der Waals surface area (Å²) in [4.78, 5) is 7.54. The van der Waals surface area contributed by atoms with Gasteiger partial charge in [0.05, 0.1) is 6.04 Å². The zero-order valence-corrected chi connectivity index (χ0v) is 10.1. The lowest BCUT2D eigenvalue weighted by atomic mass is 9.94. The molecule has 0 saturated heterocycles. The molecule has 0 spiro atoms. The van der Waals surface area contributed by atoms with Crippen LogP contribution < -0.4 is 5.32 Å². The molecule has 0 fully saturated rings. The molecular formula is C12H23N3. The van der Waals surface area contributed by atoms with Gasteiger partial charge in [-0.1, -0.05) is 33.6 Å². The second-order valence-electron chi connectivity index (χ2n) is 4.00. The molecular weight excluding hydrogens is 186 g/mol. The van der Waals surface area contributed by atoms with Crippen molar-refractivity contribution >= 4 is 0 Å². The third-order valence-corrected chi connectivity index (χ3v) is 3.02. The maximum atomic E-state index is 4.34. The highest BCUT2D eigenvalue weighted by Crippen LogP contribution is 2.22. The Hall–Kier alpha value is -0.830. The van der Waals surface area contributed by atoms with Gasteiger partial charge in [-0.25, -0.2) is 4.98 Å². The summed E-state index contributed by atoms with van der Waals surface area (Å²) >= 11 is 0. The second-order valence-corrected chi connectivity index (χ2v) is 4.00. The number of hydrogen-bond acceptors (Lipinski definition) is 2. The van der Waals surface area contributed by atoms with Gasteiger partial charge in [0.1, 0.15) is 5.82 Å². The molecule has 1 rings (SSSR count). The van der Waals surface area contributed by atoms with E-state index in [2.05, 4.69) is 36.1 Å². The van der Waals surface area contributed by atoms with Crippen LogP contribution in [-0.4, -0.2) is 16.5 Å². The Morgan fingerprint density at radius 1 is 1.33 bits per heavy atom. The number of H-pyrrole nitrogens is 1. The van der Waals surface area contributed by atoms with E-state index in [1.165, 1.54) is 19.3 Å². The van der Waals surface area contributed by atoms with Crippen LogP contribution in [0.15, 0.2) is 12.4 Å². The van der Waals surface area contributed by atoms with Gasteiger partial charge in [-0.3, -0.25) is 0 Å². The van der Waals surface area contributed by atoms with Crippen molar-refractivity contribution in [2.24, 2.45) is 5.92 Å². The molecule has 1 heterocycles. The molecule has 0 aliphatic rings. The number of hydrogen-bond donors (Lipinski definition) is 2. The first-order chi connectivity index (χ1) is 7.31. The van der Waals surface area contributed by atoms with Crippen molar-refractivity contribution in [1.82, 2.24) is 15.3 Å². The van der Waals surface area contributed by atoms with Gasteiger partial charge in [-0.15, -0.1) is 0 Å². The molecule has 15 heavy (non-hydrogen) atoms. The molecule has 1 aromatic rings. The van der Waals surface area contributed by atoms with E-state index < -0.39 is 0 Å². The molecule has 0 amide bonds. The summed E-state index contributed by atoms with van der Waals surface area (Å²) in [5.74, 6) is 1.86. The van der Waals surface area contributed by atoms with Gasteiger partial charge in [0, 0.05) is 12.4 Å². The van der Waals surface area contributed by atoms with E-state index in [0.717, 1.165) is 18.3 Å². The smallest absolute Gasteiger partial charge is 0.123 e. The molecule has 1 aromatic heterocycles. The third-order valence-electron chi connectivity index (χ3n) is 3.02. The van der Waals surface area contributed by atoms with Crippen molar-refractivity contribution in [2.75, 3.05) is 6.54 Å². The van der Waals surface area contributed by atoms with Gasteiger partial charge in [-0.05, 0) is 18.9 Å². The van der Waals surface area contributed by atoms with E-state index in [1.807, 2.05) is 12.4 Å². The fourth-order valence-electron chi connectivity index (χ4n) is 1.96. The normalized spacial score (nSPS) is 13.3. The van der Waals surface area contributed by atoms with Crippen LogP contribution in [0.3, 0.4) is 0 Å². The minimum atomic E-state index is 0.384. The predicted octanol–water partition coefficient (Wildman–Crippen LogP) is 2.89. The summed E-state index contributed by atoms with van der Waals surface area (Å²) in [5, 5.41) is 3.49. The molecule has 0 saturated carbocycles. The van der Waals surface area contributed by atoms with Crippen LogP contribution in [0.1, 0.15) is 51.9 Å². The number of aromatic nitrogens is 2. The Bertz CT molecular complexity index is 239. The summed E-state index contributed by atoms with van der Waals surface area (Å²) in [6.07, 6.45) is 7.39. The summed E-state index contributed by atoms with van der Waals surface area (Å²) in [6.45, 7) is 7.66. The highest BCUT2D eigenvalue weighted by Gasteiger charge is 2.16. The third kappa shape index (κ3) is 3.67. The molecule has 0 aliphatic carbocycles. The Labute approximate surface area is 92.7 Å². The fourth-order valence-corrected chi connectivity index (χ4v) is 1.96. The molecule has 0 aliphatic heterocycles. The van der Waals surface area contributed by atoms with Crippen LogP contribution in [0, 0.1) is 5.92 Å². The highest BCUT2D eigenvalue weighted by atomic mass is 15.0. The number of nitrogens with one attached hydrogen (secondary N) is 2. The average molecular weight is 209 g/mol. The topological polar surface area (TPSA) is 40.7 Å². The van der Waals surface area contributed by atoms with Crippen molar-refractivity contribution in [3.63, 3.8) is 0 Å². The largest absolute Gasteiger partial charge is 0.347 e. The monoisotopic (exact) mass is 209 g/mol. The average Bonchev–Trinajstić information content (AvgIpc) is 2.77. The minimum Gasteiger partial charge on any atom is -0.347 e. The van der Waals surface area contributed by atoms with Crippen molar-refractivity contribution in [1.29, 1.82) is 0 Å². The standard InChI is InChI=1S/C12H23N3/c1-4-10(5-2)9-11(13-6-3)12-14-7-8-15-12/h7-8,10-11,13H,4-6,9H2,1-3H3,(H,14,15). The predicted molar refractivity (Wildman–Crippen MR) is 63.7 cm³/mol.